The molecule has 3 atom stereocenters. The number of nitrogens with zero attached hydrogens (tertiary/aromatic N) is 2. The van der Waals surface area contributed by atoms with Crippen LogP contribution in [0.15, 0.2) is 24.3 Å². The number of aromatic nitrogens is 1. The third kappa shape index (κ3) is 2.87. The summed E-state index contributed by atoms with van der Waals surface area (Å²) < 4.78 is 13.2. The second-order valence-corrected chi connectivity index (χ2v) is 8.18. The lowest BCUT2D eigenvalue weighted by Gasteiger charge is -2.26. The molecule has 2 heterocycles. The van der Waals surface area contributed by atoms with E-state index >= 15 is 0 Å². The van der Waals surface area contributed by atoms with Crippen molar-refractivity contribution in [1.82, 2.24) is 9.88 Å². The maximum atomic E-state index is 13.2. The number of aryl methyl sites for hydroxylation is 1. The highest BCUT2D eigenvalue weighted by molar-refractivity contribution is 7.15. The van der Waals surface area contributed by atoms with E-state index in [9.17, 15) is 14.3 Å². The van der Waals surface area contributed by atoms with Gasteiger partial charge in [0.05, 0.1) is 22.5 Å². The summed E-state index contributed by atoms with van der Waals surface area (Å²) in [6.07, 6.45) is 3.40. The van der Waals surface area contributed by atoms with Crippen LogP contribution in [0.1, 0.15) is 34.8 Å². The number of rotatable bonds is 3. The first kappa shape index (κ1) is 16.7. The smallest absolute Gasteiger partial charge is 0.274 e. The zero-order valence-electron chi connectivity index (χ0n) is 14.1. The minimum atomic E-state index is -0.300. The van der Waals surface area contributed by atoms with E-state index in [1.807, 2.05) is 11.8 Å². The van der Waals surface area contributed by atoms with Crippen molar-refractivity contribution in [3.63, 3.8) is 0 Å². The summed E-state index contributed by atoms with van der Waals surface area (Å²) in [5.41, 5.74) is 1.22. The monoisotopic (exact) mass is 360 g/mol. The summed E-state index contributed by atoms with van der Waals surface area (Å²) in [6.45, 7) is 2.58. The molecule has 4 rings (SSSR count). The summed E-state index contributed by atoms with van der Waals surface area (Å²) in [4.78, 5) is 20.3. The van der Waals surface area contributed by atoms with Crippen LogP contribution in [0.3, 0.4) is 0 Å². The lowest BCUT2D eigenvalue weighted by Crippen LogP contribution is -2.40. The second-order valence-electron chi connectivity index (χ2n) is 6.98. The van der Waals surface area contributed by atoms with Crippen LogP contribution in [0.25, 0.3) is 10.4 Å². The minimum Gasteiger partial charge on any atom is -0.394 e. The van der Waals surface area contributed by atoms with Gasteiger partial charge in [0.2, 0.25) is 0 Å². The zero-order chi connectivity index (χ0) is 17.6. The van der Waals surface area contributed by atoms with Crippen LogP contribution < -0.4 is 0 Å². The van der Waals surface area contributed by atoms with E-state index in [4.69, 9.17) is 0 Å². The van der Waals surface area contributed by atoms with Crippen LogP contribution in [0.4, 0.5) is 4.39 Å². The fourth-order valence-electron chi connectivity index (χ4n) is 4.39. The summed E-state index contributed by atoms with van der Waals surface area (Å²) >= 11 is 1.45. The fourth-order valence-corrected chi connectivity index (χ4v) is 5.31. The van der Waals surface area contributed by atoms with Crippen LogP contribution in [-0.2, 0) is 0 Å². The van der Waals surface area contributed by atoms with Crippen LogP contribution in [0.5, 0.6) is 0 Å². The van der Waals surface area contributed by atoms with Gasteiger partial charge in [-0.15, -0.1) is 11.3 Å². The Hall–Kier alpha value is -1.79. The molecule has 3 unspecified atom stereocenters. The SMILES string of the molecule is Cc1nc(C(=O)N2CC3CCCC3C2CO)c(-c2ccc(F)cc2)s1. The van der Waals surface area contributed by atoms with Gasteiger partial charge in [0.15, 0.2) is 0 Å². The minimum absolute atomic E-state index is 0.00189. The number of aliphatic hydroxyl groups is 1. The molecule has 1 N–H and O–H groups in total. The van der Waals surface area contributed by atoms with Crippen molar-refractivity contribution in [2.24, 2.45) is 11.8 Å². The number of aliphatic hydroxyl groups excluding tert-OH is 1. The van der Waals surface area contributed by atoms with Gasteiger partial charge in [-0.2, -0.15) is 0 Å². The number of benzene rings is 1. The Morgan fingerprint density at radius 1 is 1.36 bits per heavy atom. The predicted molar refractivity (Wildman–Crippen MR) is 95.0 cm³/mol. The first-order valence-corrected chi connectivity index (χ1v) is 9.55. The third-order valence-electron chi connectivity index (χ3n) is 5.53. The Bertz CT molecular complexity index is 789. The molecular formula is C19H21FN2O2S. The normalized spacial score (nSPS) is 25.4. The number of amides is 1. The summed E-state index contributed by atoms with van der Waals surface area (Å²) in [7, 11) is 0. The van der Waals surface area contributed by atoms with Gasteiger partial charge in [0, 0.05) is 6.54 Å². The number of fused-ring (bicyclic) bond motifs is 1. The first-order chi connectivity index (χ1) is 12.1. The van der Waals surface area contributed by atoms with Gasteiger partial charge in [-0.05, 0) is 49.3 Å². The number of hydrogen-bond donors (Lipinski definition) is 1. The molecule has 1 saturated heterocycles. The summed E-state index contributed by atoms with van der Waals surface area (Å²) in [6, 6.07) is 6.05. The maximum Gasteiger partial charge on any atom is 0.274 e. The number of carbonyl (C=O) groups excluding carboxylic acids is 1. The molecule has 132 valence electrons. The second kappa shape index (κ2) is 6.50. The van der Waals surface area contributed by atoms with Gasteiger partial charge < -0.3 is 10.0 Å². The Morgan fingerprint density at radius 3 is 2.84 bits per heavy atom. The number of hydrogen-bond acceptors (Lipinski definition) is 4. The largest absolute Gasteiger partial charge is 0.394 e. The van der Waals surface area contributed by atoms with Crippen molar-refractivity contribution in [3.8, 4) is 10.4 Å². The van der Waals surface area contributed by atoms with Crippen LogP contribution in [-0.4, -0.2) is 40.1 Å². The van der Waals surface area contributed by atoms with Crippen LogP contribution in [0, 0.1) is 24.6 Å². The molecule has 1 amide bonds. The van der Waals surface area contributed by atoms with Crippen LogP contribution >= 0.6 is 11.3 Å². The molecular weight excluding hydrogens is 339 g/mol. The van der Waals surface area contributed by atoms with E-state index in [0.29, 0.717) is 24.1 Å². The van der Waals surface area contributed by atoms with Gasteiger partial charge in [-0.3, -0.25) is 4.79 Å². The lowest BCUT2D eigenvalue weighted by atomic mass is 9.94. The van der Waals surface area contributed by atoms with Crippen molar-refractivity contribution in [2.75, 3.05) is 13.2 Å². The number of thiazole rings is 1. The van der Waals surface area contributed by atoms with Crippen molar-refractivity contribution in [1.29, 1.82) is 0 Å². The Morgan fingerprint density at radius 2 is 2.12 bits per heavy atom. The number of likely N-dealkylation sites (tertiary alicyclic amines) is 1. The van der Waals surface area contributed by atoms with Gasteiger partial charge in [-0.1, -0.05) is 18.6 Å². The van der Waals surface area contributed by atoms with Gasteiger partial charge in [0.25, 0.3) is 5.91 Å². The number of halogens is 1. The van der Waals surface area contributed by atoms with E-state index in [1.54, 1.807) is 12.1 Å². The third-order valence-corrected chi connectivity index (χ3v) is 6.55. The van der Waals surface area contributed by atoms with Gasteiger partial charge in [0.1, 0.15) is 11.5 Å². The summed E-state index contributed by atoms with van der Waals surface area (Å²) in [5, 5.41) is 10.7. The van der Waals surface area contributed by atoms with E-state index in [-0.39, 0.29) is 24.4 Å². The number of carbonyl (C=O) groups is 1. The molecule has 4 nitrogen and oxygen atoms in total. The standard InChI is InChI=1S/C19H21FN2O2S/c1-11-21-17(18(25-11)12-5-7-14(20)8-6-12)19(24)22-9-13-3-2-4-15(13)16(22)10-23/h5-8,13,15-16,23H,2-4,9-10H2,1H3. The summed E-state index contributed by atoms with van der Waals surface area (Å²) in [5.74, 6) is 0.487. The van der Waals surface area contributed by atoms with E-state index in [1.165, 1.54) is 29.9 Å². The van der Waals surface area contributed by atoms with E-state index < -0.39 is 0 Å². The van der Waals surface area contributed by atoms with Gasteiger partial charge >= 0.3 is 0 Å². The zero-order valence-corrected chi connectivity index (χ0v) is 14.9. The molecule has 0 spiro atoms. The topological polar surface area (TPSA) is 53.4 Å². The van der Waals surface area contributed by atoms with Crippen molar-refractivity contribution in [3.05, 3.63) is 40.8 Å². The fraction of sp³-hybridized carbons (Fsp3) is 0.474. The van der Waals surface area contributed by atoms with E-state index in [2.05, 4.69) is 4.98 Å². The molecule has 1 saturated carbocycles. The Balaban J connectivity index is 1.68. The molecule has 2 aromatic rings. The molecule has 6 heteroatoms. The molecule has 0 bridgehead atoms. The molecule has 2 aliphatic rings. The maximum absolute atomic E-state index is 13.2. The molecule has 2 fully saturated rings. The molecule has 1 aliphatic carbocycles. The first-order valence-electron chi connectivity index (χ1n) is 8.73. The highest BCUT2D eigenvalue weighted by Crippen LogP contribution is 2.43. The lowest BCUT2D eigenvalue weighted by molar-refractivity contribution is 0.0632. The Kier molecular flexibility index (Phi) is 4.33. The quantitative estimate of drug-likeness (QED) is 0.912. The Labute approximate surface area is 150 Å². The van der Waals surface area contributed by atoms with Crippen molar-refractivity contribution in [2.45, 2.75) is 32.2 Å². The molecule has 25 heavy (non-hydrogen) atoms. The molecule has 1 aromatic carbocycles. The highest BCUT2D eigenvalue weighted by atomic mass is 32.1. The highest BCUT2D eigenvalue weighted by Gasteiger charge is 2.46. The average molecular weight is 360 g/mol. The molecule has 1 aliphatic heterocycles. The predicted octanol–water partition coefficient (Wildman–Crippen LogP) is 3.49. The average Bonchev–Trinajstić information content (AvgIpc) is 3.28. The van der Waals surface area contributed by atoms with E-state index in [0.717, 1.165) is 28.3 Å². The van der Waals surface area contributed by atoms with Crippen molar-refractivity contribution < 1.29 is 14.3 Å². The van der Waals surface area contributed by atoms with Crippen LogP contribution in [0.2, 0.25) is 0 Å². The van der Waals surface area contributed by atoms with Crippen molar-refractivity contribution >= 4 is 17.2 Å². The molecule has 0 radical (unpaired) electrons. The molecule has 1 aromatic heterocycles. The van der Waals surface area contributed by atoms with Gasteiger partial charge in [-0.25, -0.2) is 9.37 Å².